The average Bonchev–Trinajstić information content (AvgIpc) is 2.88. The summed E-state index contributed by atoms with van der Waals surface area (Å²) in [7, 11) is 1.86. The maximum absolute atomic E-state index is 10.3. The van der Waals surface area contributed by atoms with Crippen molar-refractivity contribution in [3.8, 4) is 17.0 Å². The Hall–Kier alpha value is -2.14. The molecule has 1 saturated heterocycles. The van der Waals surface area contributed by atoms with Crippen LogP contribution in [0.4, 0.5) is 5.82 Å². The van der Waals surface area contributed by atoms with Gasteiger partial charge in [0, 0.05) is 24.6 Å². The van der Waals surface area contributed by atoms with Gasteiger partial charge in [-0.1, -0.05) is 6.07 Å². The molecule has 22 heavy (non-hydrogen) atoms. The minimum atomic E-state index is 0.0954. The minimum Gasteiger partial charge on any atom is -0.507 e. The molecule has 2 aliphatic rings. The Labute approximate surface area is 129 Å². The van der Waals surface area contributed by atoms with E-state index in [1.165, 1.54) is 0 Å². The number of aryl methyl sites for hydroxylation is 1. The van der Waals surface area contributed by atoms with Gasteiger partial charge in [0.05, 0.1) is 12.2 Å². The standard InChI is InChI=1S/C17H19N3O2/c1-9-3-5-11(13(21)7-9)16-12-8-10-4-6-14(22-10)15(12)17(18-2)20-19-16/h3,5,7,10,14,21H,4,6,8H2,1-2H3,(H,18,20). The Morgan fingerprint density at radius 2 is 2.14 bits per heavy atom. The highest BCUT2D eigenvalue weighted by atomic mass is 16.5. The molecule has 1 fully saturated rings. The molecule has 1 aromatic carbocycles. The van der Waals surface area contributed by atoms with Crippen molar-refractivity contribution >= 4 is 5.82 Å². The summed E-state index contributed by atoms with van der Waals surface area (Å²) in [6, 6.07) is 5.68. The summed E-state index contributed by atoms with van der Waals surface area (Å²) in [6.45, 7) is 1.96. The van der Waals surface area contributed by atoms with E-state index in [-0.39, 0.29) is 18.0 Å². The predicted octanol–water partition coefficient (Wildman–Crippen LogP) is 2.98. The zero-order chi connectivity index (χ0) is 15.3. The fraction of sp³-hybridized carbons (Fsp3) is 0.412. The van der Waals surface area contributed by atoms with Crippen molar-refractivity contribution < 1.29 is 9.84 Å². The molecule has 2 atom stereocenters. The number of benzene rings is 1. The van der Waals surface area contributed by atoms with Crippen LogP contribution in [-0.2, 0) is 11.2 Å². The number of phenols is 1. The molecule has 2 N–H and O–H groups in total. The zero-order valence-electron chi connectivity index (χ0n) is 12.8. The molecule has 5 nitrogen and oxygen atoms in total. The largest absolute Gasteiger partial charge is 0.507 e. The molecule has 4 rings (SSSR count). The fourth-order valence-corrected chi connectivity index (χ4v) is 3.58. The van der Waals surface area contributed by atoms with Crippen molar-refractivity contribution in [3.63, 3.8) is 0 Å². The number of anilines is 1. The molecule has 0 radical (unpaired) electrons. The molecule has 5 heteroatoms. The number of nitrogens with zero attached hydrogens (tertiary/aromatic N) is 2. The predicted molar refractivity (Wildman–Crippen MR) is 84.0 cm³/mol. The Bertz CT molecular complexity index is 745. The monoisotopic (exact) mass is 297 g/mol. The van der Waals surface area contributed by atoms with Crippen molar-refractivity contribution in [3.05, 3.63) is 34.9 Å². The number of nitrogens with one attached hydrogen (secondary N) is 1. The van der Waals surface area contributed by atoms with Crippen LogP contribution in [0, 0.1) is 6.92 Å². The molecule has 114 valence electrons. The number of ether oxygens (including phenoxy) is 1. The molecule has 2 aromatic rings. The second kappa shape index (κ2) is 4.95. The van der Waals surface area contributed by atoms with Crippen LogP contribution in [0.15, 0.2) is 18.2 Å². The third-order valence-electron chi connectivity index (χ3n) is 4.62. The van der Waals surface area contributed by atoms with Crippen molar-refractivity contribution in [1.82, 2.24) is 10.2 Å². The summed E-state index contributed by atoms with van der Waals surface area (Å²) >= 11 is 0. The third-order valence-corrected chi connectivity index (χ3v) is 4.62. The van der Waals surface area contributed by atoms with E-state index in [1.54, 1.807) is 6.07 Å². The van der Waals surface area contributed by atoms with E-state index in [4.69, 9.17) is 4.74 Å². The summed E-state index contributed by atoms with van der Waals surface area (Å²) in [5.41, 5.74) is 4.84. The summed E-state index contributed by atoms with van der Waals surface area (Å²) in [5, 5.41) is 22.1. The van der Waals surface area contributed by atoms with Crippen LogP contribution in [0.5, 0.6) is 5.75 Å². The lowest BCUT2D eigenvalue weighted by Gasteiger charge is -2.27. The molecular formula is C17H19N3O2. The first kappa shape index (κ1) is 13.5. The Morgan fingerprint density at radius 1 is 1.27 bits per heavy atom. The number of rotatable bonds is 2. The van der Waals surface area contributed by atoms with E-state index in [0.717, 1.165) is 53.0 Å². The number of aromatic nitrogens is 2. The van der Waals surface area contributed by atoms with E-state index in [0.29, 0.717) is 0 Å². The smallest absolute Gasteiger partial charge is 0.154 e. The molecule has 1 aromatic heterocycles. The molecule has 0 aliphatic carbocycles. The van der Waals surface area contributed by atoms with E-state index < -0.39 is 0 Å². The van der Waals surface area contributed by atoms with Gasteiger partial charge in [-0.25, -0.2) is 0 Å². The molecule has 2 aliphatic heterocycles. The highest BCUT2D eigenvalue weighted by Gasteiger charge is 2.38. The number of fused-ring (bicyclic) bond motifs is 4. The van der Waals surface area contributed by atoms with Crippen molar-refractivity contribution in [1.29, 1.82) is 0 Å². The highest BCUT2D eigenvalue weighted by molar-refractivity contribution is 5.73. The lowest BCUT2D eigenvalue weighted by atomic mass is 9.93. The zero-order valence-corrected chi connectivity index (χ0v) is 12.8. The van der Waals surface area contributed by atoms with Crippen LogP contribution in [-0.4, -0.2) is 28.5 Å². The van der Waals surface area contributed by atoms with Crippen LogP contribution in [0.3, 0.4) is 0 Å². The van der Waals surface area contributed by atoms with Gasteiger partial charge < -0.3 is 15.2 Å². The normalized spacial score (nSPS) is 22.5. The van der Waals surface area contributed by atoms with Crippen LogP contribution < -0.4 is 5.32 Å². The van der Waals surface area contributed by atoms with E-state index in [1.807, 2.05) is 26.1 Å². The van der Waals surface area contributed by atoms with E-state index in [9.17, 15) is 5.11 Å². The van der Waals surface area contributed by atoms with Gasteiger partial charge in [0.15, 0.2) is 5.82 Å². The minimum absolute atomic E-state index is 0.0954. The number of hydrogen-bond acceptors (Lipinski definition) is 5. The van der Waals surface area contributed by atoms with Gasteiger partial charge in [-0.15, -0.1) is 10.2 Å². The van der Waals surface area contributed by atoms with Crippen molar-refractivity contribution in [2.24, 2.45) is 0 Å². The molecule has 0 amide bonds. The first-order valence-corrected chi connectivity index (χ1v) is 7.70. The quantitative estimate of drug-likeness (QED) is 0.892. The van der Waals surface area contributed by atoms with E-state index in [2.05, 4.69) is 15.5 Å². The molecule has 2 unspecified atom stereocenters. The van der Waals surface area contributed by atoms with E-state index >= 15 is 0 Å². The van der Waals surface area contributed by atoms with Gasteiger partial charge in [0.25, 0.3) is 0 Å². The summed E-state index contributed by atoms with van der Waals surface area (Å²) in [6.07, 6.45) is 3.29. The van der Waals surface area contributed by atoms with Crippen molar-refractivity contribution in [2.75, 3.05) is 12.4 Å². The molecule has 2 bridgehead atoms. The molecular weight excluding hydrogens is 278 g/mol. The number of hydrogen-bond donors (Lipinski definition) is 2. The van der Waals surface area contributed by atoms with Crippen LogP contribution >= 0.6 is 0 Å². The second-order valence-corrected chi connectivity index (χ2v) is 6.09. The number of aromatic hydroxyl groups is 1. The number of phenolic OH excluding ortho intramolecular Hbond substituents is 1. The molecule has 3 heterocycles. The Kier molecular flexibility index (Phi) is 3.04. The first-order valence-electron chi connectivity index (χ1n) is 7.70. The topological polar surface area (TPSA) is 67.3 Å². The first-order chi connectivity index (χ1) is 10.7. The summed E-state index contributed by atoms with van der Waals surface area (Å²) in [4.78, 5) is 0. The van der Waals surface area contributed by atoms with Crippen molar-refractivity contribution in [2.45, 2.75) is 38.4 Å². The second-order valence-electron chi connectivity index (χ2n) is 6.09. The lowest BCUT2D eigenvalue weighted by Crippen LogP contribution is -2.21. The lowest BCUT2D eigenvalue weighted by molar-refractivity contribution is 0.0326. The van der Waals surface area contributed by atoms with Crippen LogP contribution in [0.1, 0.15) is 35.6 Å². The SMILES string of the molecule is CNc1nnc(-c2ccc(C)cc2O)c2c1C1CCC(C2)O1. The maximum Gasteiger partial charge on any atom is 0.154 e. The van der Waals surface area contributed by atoms with Gasteiger partial charge in [0.2, 0.25) is 0 Å². The van der Waals surface area contributed by atoms with Gasteiger partial charge in [-0.2, -0.15) is 0 Å². The average molecular weight is 297 g/mol. The Balaban J connectivity index is 1.93. The van der Waals surface area contributed by atoms with Gasteiger partial charge in [-0.05, 0) is 43.0 Å². The Morgan fingerprint density at radius 3 is 2.91 bits per heavy atom. The van der Waals surface area contributed by atoms with Gasteiger partial charge >= 0.3 is 0 Å². The fourth-order valence-electron chi connectivity index (χ4n) is 3.58. The van der Waals surface area contributed by atoms with Gasteiger partial charge in [-0.3, -0.25) is 0 Å². The summed E-state index contributed by atoms with van der Waals surface area (Å²) in [5.74, 6) is 1.04. The summed E-state index contributed by atoms with van der Waals surface area (Å²) < 4.78 is 6.04. The highest BCUT2D eigenvalue weighted by Crippen LogP contribution is 2.46. The van der Waals surface area contributed by atoms with Gasteiger partial charge in [0.1, 0.15) is 11.4 Å². The maximum atomic E-state index is 10.3. The molecule has 0 saturated carbocycles. The molecule has 0 spiro atoms. The van der Waals surface area contributed by atoms with Crippen LogP contribution in [0.25, 0.3) is 11.3 Å². The van der Waals surface area contributed by atoms with Crippen LogP contribution in [0.2, 0.25) is 0 Å². The third kappa shape index (κ3) is 1.96.